The van der Waals surface area contributed by atoms with E-state index in [2.05, 4.69) is 40.2 Å². The number of rotatable bonds is 4. The summed E-state index contributed by atoms with van der Waals surface area (Å²) in [6.45, 7) is 2.68. The molecule has 4 heteroatoms. The van der Waals surface area contributed by atoms with Crippen molar-refractivity contribution in [3.8, 4) is 5.75 Å². The number of benzene rings is 2. The molecular weight excluding hydrogens is 346 g/mol. The Bertz CT molecular complexity index is 644. The normalized spacial score (nSPS) is 18.3. The predicted molar refractivity (Wildman–Crippen MR) is 92.1 cm³/mol. The molecule has 0 amide bonds. The molecule has 0 aliphatic carbocycles. The molecule has 2 aromatic rings. The fraction of sp³-hybridized carbons (Fsp3) is 0.294. The number of ether oxygens (including phenoxy) is 1. The Morgan fingerprint density at radius 2 is 2.14 bits per heavy atom. The highest BCUT2D eigenvalue weighted by Crippen LogP contribution is 2.40. The maximum absolute atomic E-state index is 6.10. The Kier molecular flexibility index (Phi) is 4.57. The zero-order chi connectivity index (χ0) is 14.8. The van der Waals surface area contributed by atoms with E-state index in [4.69, 9.17) is 10.5 Å². The largest absolute Gasteiger partial charge is 0.493 e. The molecule has 0 aromatic heterocycles. The third-order valence-electron chi connectivity index (χ3n) is 3.71. The van der Waals surface area contributed by atoms with Crippen molar-refractivity contribution in [2.75, 3.05) is 12.4 Å². The van der Waals surface area contributed by atoms with Crippen LogP contribution in [0.3, 0.4) is 0 Å². The van der Waals surface area contributed by atoms with Crippen LogP contribution in [0.25, 0.3) is 0 Å². The summed E-state index contributed by atoms with van der Waals surface area (Å²) in [5.41, 5.74) is 8.48. The topological polar surface area (TPSA) is 35.2 Å². The van der Waals surface area contributed by atoms with Crippen LogP contribution in [0.2, 0.25) is 0 Å². The zero-order valence-electron chi connectivity index (χ0n) is 11.9. The van der Waals surface area contributed by atoms with Gasteiger partial charge in [-0.15, -0.1) is 11.8 Å². The summed E-state index contributed by atoms with van der Waals surface area (Å²) in [6, 6.07) is 14.6. The minimum absolute atomic E-state index is 0.0293. The minimum atomic E-state index is -0.0293. The molecule has 3 rings (SSSR count). The van der Waals surface area contributed by atoms with E-state index in [9.17, 15) is 0 Å². The molecule has 2 nitrogen and oxygen atoms in total. The number of halogens is 1. The summed E-state index contributed by atoms with van der Waals surface area (Å²) in [4.78, 5) is 1.38. The van der Waals surface area contributed by atoms with Crippen LogP contribution >= 0.6 is 27.7 Å². The van der Waals surface area contributed by atoms with Crippen LogP contribution in [-0.2, 0) is 0 Å². The maximum Gasteiger partial charge on any atom is 0.125 e. The van der Waals surface area contributed by atoms with E-state index < -0.39 is 0 Å². The van der Waals surface area contributed by atoms with Gasteiger partial charge in [-0.3, -0.25) is 0 Å². The quantitative estimate of drug-likeness (QED) is 0.851. The molecule has 21 heavy (non-hydrogen) atoms. The van der Waals surface area contributed by atoms with Gasteiger partial charge in [0.05, 0.1) is 6.61 Å². The first kappa shape index (κ1) is 14.9. The van der Waals surface area contributed by atoms with Crippen molar-refractivity contribution in [3.63, 3.8) is 0 Å². The zero-order valence-corrected chi connectivity index (χ0v) is 14.3. The van der Waals surface area contributed by atoms with Gasteiger partial charge in [-0.25, -0.2) is 0 Å². The molecule has 2 aromatic carbocycles. The van der Waals surface area contributed by atoms with Crippen LogP contribution in [0.15, 0.2) is 51.8 Å². The van der Waals surface area contributed by atoms with Crippen molar-refractivity contribution < 1.29 is 4.74 Å². The molecule has 1 aliphatic heterocycles. The fourth-order valence-electron chi connectivity index (χ4n) is 2.57. The minimum Gasteiger partial charge on any atom is -0.493 e. The summed E-state index contributed by atoms with van der Waals surface area (Å²) in [5.74, 6) is 2.42. The molecule has 110 valence electrons. The van der Waals surface area contributed by atoms with Crippen molar-refractivity contribution in [2.45, 2.75) is 23.8 Å². The highest BCUT2D eigenvalue weighted by Gasteiger charge is 2.23. The first-order valence-corrected chi connectivity index (χ1v) is 8.82. The van der Waals surface area contributed by atoms with Gasteiger partial charge in [-0.05, 0) is 30.7 Å². The lowest BCUT2D eigenvalue weighted by Crippen LogP contribution is -2.13. The van der Waals surface area contributed by atoms with E-state index in [1.807, 2.05) is 36.9 Å². The average molecular weight is 364 g/mol. The Balaban J connectivity index is 1.76. The molecular formula is C17H18BrNOS. The van der Waals surface area contributed by atoms with Crippen molar-refractivity contribution in [1.82, 2.24) is 0 Å². The molecule has 0 saturated heterocycles. The van der Waals surface area contributed by atoms with Gasteiger partial charge < -0.3 is 10.5 Å². The average Bonchev–Trinajstić information content (AvgIpc) is 2.88. The first-order chi connectivity index (χ1) is 10.1. The van der Waals surface area contributed by atoms with E-state index >= 15 is 0 Å². The SMILES string of the molecule is C[C@@H](N)c1ccc(Br)cc1OCC1CSc2ccccc21. The number of nitrogens with two attached hydrogens (primary N) is 1. The van der Waals surface area contributed by atoms with Gasteiger partial charge in [0, 0.05) is 32.6 Å². The van der Waals surface area contributed by atoms with Gasteiger partial charge in [0.2, 0.25) is 0 Å². The van der Waals surface area contributed by atoms with Crippen LogP contribution in [-0.4, -0.2) is 12.4 Å². The summed E-state index contributed by atoms with van der Waals surface area (Å²) in [5, 5.41) is 0. The van der Waals surface area contributed by atoms with Crippen molar-refractivity contribution in [2.24, 2.45) is 5.73 Å². The summed E-state index contributed by atoms with van der Waals surface area (Å²) < 4.78 is 7.11. The highest BCUT2D eigenvalue weighted by atomic mass is 79.9. The van der Waals surface area contributed by atoms with E-state index in [1.165, 1.54) is 10.5 Å². The van der Waals surface area contributed by atoms with Crippen molar-refractivity contribution in [1.29, 1.82) is 0 Å². The molecule has 0 bridgehead atoms. The molecule has 2 atom stereocenters. The Hall–Kier alpha value is -0.970. The molecule has 0 fully saturated rings. The van der Waals surface area contributed by atoms with Gasteiger partial charge in [0.15, 0.2) is 0 Å². The third kappa shape index (κ3) is 3.28. The third-order valence-corrected chi connectivity index (χ3v) is 5.45. The first-order valence-electron chi connectivity index (χ1n) is 7.04. The summed E-state index contributed by atoms with van der Waals surface area (Å²) >= 11 is 5.41. The van der Waals surface area contributed by atoms with E-state index in [-0.39, 0.29) is 6.04 Å². The van der Waals surface area contributed by atoms with Crippen molar-refractivity contribution >= 4 is 27.7 Å². The molecule has 0 spiro atoms. The lowest BCUT2D eigenvalue weighted by Gasteiger charge is -2.17. The lowest BCUT2D eigenvalue weighted by atomic mass is 10.0. The number of hydrogen-bond acceptors (Lipinski definition) is 3. The predicted octanol–water partition coefficient (Wildman–Crippen LogP) is 4.74. The highest BCUT2D eigenvalue weighted by molar-refractivity contribution is 9.10. The second-order valence-electron chi connectivity index (χ2n) is 5.33. The monoisotopic (exact) mass is 363 g/mol. The molecule has 1 heterocycles. The van der Waals surface area contributed by atoms with Crippen LogP contribution in [0.1, 0.15) is 30.0 Å². The van der Waals surface area contributed by atoms with Crippen LogP contribution in [0, 0.1) is 0 Å². The Morgan fingerprint density at radius 3 is 2.95 bits per heavy atom. The fourth-order valence-corrected chi connectivity index (χ4v) is 4.14. The Labute approximate surface area is 138 Å². The molecule has 0 radical (unpaired) electrons. The van der Waals surface area contributed by atoms with Crippen molar-refractivity contribution in [3.05, 3.63) is 58.1 Å². The molecule has 1 aliphatic rings. The smallest absolute Gasteiger partial charge is 0.125 e. The van der Waals surface area contributed by atoms with Gasteiger partial charge in [-0.1, -0.05) is 40.2 Å². The van der Waals surface area contributed by atoms with Crippen LogP contribution in [0.4, 0.5) is 0 Å². The van der Waals surface area contributed by atoms with E-state index in [0.717, 1.165) is 21.5 Å². The second-order valence-corrected chi connectivity index (χ2v) is 7.31. The Morgan fingerprint density at radius 1 is 1.33 bits per heavy atom. The van der Waals surface area contributed by atoms with E-state index in [0.29, 0.717) is 12.5 Å². The van der Waals surface area contributed by atoms with Gasteiger partial charge in [0.1, 0.15) is 5.75 Å². The molecule has 2 N–H and O–H groups in total. The number of fused-ring (bicyclic) bond motifs is 1. The lowest BCUT2D eigenvalue weighted by molar-refractivity contribution is 0.293. The van der Waals surface area contributed by atoms with Crippen LogP contribution < -0.4 is 10.5 Å². The number of thioether (sulfide) groups is 1. The van der Waals surface area contributed by atoms with Crippen LogP contribution in [0.5, 0.6) is 5.75 Å². The van der Waals surface area contributed by atoms with Gasteiger partial charge >= 0.3 is 0 Å². The van der Waals surface area contributed by atoms with E-state index in [1.54, 1.807) is 0 Å². The van der Waals surface area contributed by atoms with Gasteiger partial charge in [-0.2, -0.15) is 0 Å². The standard InChI is InChI=1S/C17H18BrNOS/c1-11(19)14-7-6-13(18)8-16(14)20-9-12-10-21-17-5-3-2-4-15(12)17/h2-8,11-12H,9-10,19H2,1H3/t11-,12?/m1/s1. The summed E-state index contributed by atoms with van der Waals surface area (Å²) in [7, 11) is 0. The van der Waals surface area contributed by atoms with Gasteiger partial charge in [0.25, 0.3) is 0 Å². The maximum atomic E-state index is 6.10. The summed E-state index contributed by atoms with van der Waals surface area (Å²) in [6.07, 6.45) is 0. The molecule has 0 saturated carbocycles. The second kappa shape index (κ2) is 6.42. The molecule has 1 unspecified atom stereocenters. The number of hydrogen-bond donors (Lipinski definition) is 1.